The van der Waals surface area contributed by atoms with Crippen molar-refractivity contribution in [3.63, 3.8) is 0 Å². The number of nitrogens with one attached hydrogen (secondary N) is 1. The van der Waals surface area contributed by atoms with E-state index in [0.29, 0.717) is 16.5 Å². The zero-order valence-electron chi connectivity index (χ0n) is 10.4. The summed E-state index contributed by atoms with van der Waals surface area (Å²) in [4.78, 5) is 13.8. The molecule has 1 aromatic rings. The first-order valence-electron chi connectivity index (χ1n) is 4.92. The molecule has 0 aliphatic heterocycles. The van der Waals surface area contributed by atoms with Crippen molar-refractivity contribution in [3.8, 4) is 5.88 Å². The Balaban J connectivity index is 0.000000325. The van der Waals surface area contributed by atoms with Crippen LogP contribution in [0.5, 0.6) is 5.88 Å². The van der Waals surface area contributed by atoms with E-state index in [4.69, 9.17) is 10.2 Å². The molecule has 17 heavy (non-hydrogen) atoms. The largest absolute Gasteiger partial charge is 0.492 e. The van der Waals surface area contributed by atoms with Gasteiger partial charge in [0.15, 0.2) is 5.13 Å². The maximum Gasteiger partial charge on any atom is 0.293 e. The summed E-state index contributed by atoms with van der Waals surface area (Å²) in [6.07, 6.45) is 0. The Bertz CT molecular complexity index is 347. The SMILES string of the molecule is CC(C)(C)OC=O.CNc1nc(O)c(CO)s1. The lowest BCUT2D eigenvalue weighted by atomic mass is 10.2. The van der Waals surface area contributed by atoms with Gasteiger partial charge in [0.25, 0.3) is 6.47 Å². The minimum atomic E-state index is -0.318. The van der Waals surface area contributed by atoms with Crippen molar-refractivity contribution in [2.45, 2.75) is 33.0 Å². The molecule has 1 aromatic heterocycles. The topological polar surface area (TPSA) is 91.7 Å². The molecule has 0 bridgehead atoms. The third kappa shape index (κ3) is 6.75. The molecule has 0 unspecified atom stereocenters. The van der Waals surface area contributed by atoms with E-state index >= 15 is 0 Å². The minimum absolute atomic E-state index is 0.0862. The van der Waals surface area contributed by atoms with E-state index in [-0.39, 0.29) is 18.1 Å². The van der Waals surface area contributed by atoms with Crippen molar-refractivity contribution in [3.05, 3.63) is 4.88 Å². The zero-order valence-corrected chi connectivity index (χ0v) is 11.2. The van der Waals surface area contributed by atoms with Crippen LogP contribution in [0.2, 0.25) is 0 Å². The molecule has 0 amide bonds. The van der Waals surface area contributed by atoms with Crippen LogP contribution in [0, 0.1) is 0 Å². The smallest absolute Gasteiger partial charge is 0.293 e. The van der Waals surface area contributed by atoms with Crippen LogP contribution in [0.3, 0.4) is 0 Å². The van der Waals surface area contributed by atoms with Gasteiger partial charge in [0.05, 0.1) is 11.5 Å². The van der Waals surface area contributed by atoms with Gasteiger partial charge >= 0.3 is 0 Å². The number of aliphatic hydroxyl groups excluding tert-OH is 1. The second-order valence-corrected chi connectivity index (χ2v) is 5.08. The number of rotatable bonds is 3. The highest BCUT2D eigenvalue weighted by atomic mass is 32.1. The first-order valence-corrected chi connectivity index (χ1v) is 5.74. The summed E-state index contributed by atoms with van der Waals surface area (Å²) in [6, 6.07) is 0. The minimum Gasteiger partial charge on any atom is -0.492 e. The lowest BCUT2D eigenvalue weighted by Gasteiger charge is -2.14. The van der Waals surface area contributed by atoms with Gasteiger partial charge in [0.2, 0.25) is 5.88 Å². The number of carbonyl (C=O) groups is 1. The van der Waals surface area contributed by atoms with Crippen molar-refractivity contribution in [2.24, 2.45) is 0 Å². The van der Waals surface area contributed by atoms with Crippen LogP contribution in [0.4, 0.5) is 5.13 Å². The van der Waals surface area contributed by atoms with E-state index in [1.54, 1.807) is 7.05 Å². The number of hydrogen-bond donors (Lipinski definition) is 3. The summed E-state index contributed by atoms with van der Waals surface area (Å²) in [6.45, 7) is 5.76. The number of hydrogen-bond acceptors (Lipinski definition) is 7. The molecule has 0 spiro atoms. The Morgan fingerprint density at radius 2 is 2.12 bits per heavy atom. The van der Waals surface area contributed by atoms with Crippen LogP contribution in [-0.2, 0) is 16.1 Å². The molecule has 0 fully saturated rings. The first kappa shape index (κ1) is 15.7. The van der Waals surface area contributed by atoms with Gasteiger partial charge in [0, 0.05) is 7.05 Å². The summed E-state index contributed by atoms with van der Waals surface area (Å²) in [5.41, 5.74) is -0.318. The quantitative estimate of drug-likeness (QED) is 0.712. The van der Waals surface area contributed by atoms with Crippen LogP contribution < -0.4 is 5.32 Å². The Morgan fingerprint density at radius 1 is 1.53 bits per heavy atom. The predicted octanol–water partition coefficient (Wildman–Crippen LogP) is 1.34. The van der Waals surface area contributed by atoms with E-state index in [1.807, 2.05) is 20.8 Å². The lowest BCUT2D eigenvalue weighted by Crippen LogP contribution is -2.17. The maximum atomic E-state index is 9.60. The van der Waals surface area contributed by atoms with Crippen LogP contribution in [0.15, 0.2) is 0 Å². The van der Waals surface area contributed by atoms with Gasteiger partial charge < -0.3 is 20.3 Å². The van der Waals surface area contributed by atoms with Gasteiger partial charge in [-0.1, -0.05) is 11.3 Å². The number of aromatic nitrogens is 1. The van der Waals surface area contributed by atoms with Gasteiger partial charge in [-0.25, -0.2) is 0 Å². The molecule has 6 nitrogen and oxygen atoms in total. The molecular formula is C10H18N2O4S. The Morgan fingerprint density at radius 3 is 2.29 bits per heavy atom. The summed E-state index contributed by atoms with van der Waals surface area (Å²) >= 11 is 1.24. The van der Waals surface area contributed by atoms with Crippen molar-refractivity contribution in [1.29, 1.82) is 0 Å². The molecule has 0 saturated carbocycles. The number of carbonyl (C=O) groups excluding carboxylic acids is 1. The summed E-state index contributed by atoms with van der Waals surface area (Å²) < 4.78 is 4.55. The van der Waals surface area contributed by atoms with Crippen LogP contribution in [0.1, 0.15) is 25.6 Å². The number of nitrogens with zero attached hydrogens (tertiary/aromatic N) is 1. The molecule has 98 valence electrons. The highest BCUT2D eigenvalue weighted by molar-refractivity contribution is 7.15. The Kier molecular flexibility index (Phi) is 6.52. The van der Waals surface area contributed by atoms with Gasteiger partial charge in [-0.3, -0.25) is 4.79 Å². The van der Waals surface area contributed by atoms with E-state index in [2.05, 4.69) is 15.0 Å². The molecule has 1 heterocycles. The number of thiazole rings is 1. The zero-order chi connectivity index (χ0) is 13.5. The van der Waals surface area contributed by atoms with Crippen molar-refractivity contribution >= 4 is 22.9 Å². The lowest BCUT2D eigenvalue weighted by molar-refractivity contribution is -0.138. The van der Waals surface area contributed by atoms with E-state index in [1.165, 1.54) is 11.3 Å². The van der Waals surface area contributed by atoms with Crippen molar-refractivity contribution in [2.75, 3.05) is 12.4 Å². The normalized spacial score (nSPS) is 10.2. The number of anilines is 1. The van der Waals surface area contributed by atoms with Gasteiger partial charge in [-0.05, 0) is 20.8 Å². The average molecular weight is 262 g/mol. The second-order valence-electron chi connectivity index (χ2n) is 4.00. The number of ether oxygens (including phenoxy) is 1. The third-order valence-electron chi connectivity index (χ3n) is 1.44. The third-order valence-corrected chi connectivity index (χ3v) is 2.48. The molecule has 0 aliphatic rings. The monoisotopic (exact) mass is 262 g/mol. The van der Waals surface area contributed by atoms with E-state index in [0.717, 1.165) is 0 Å². The molecule has 0 aromatic carbocycles. The summed E-state index contributed by atoms with van der Waals surface area (Å²) in [5, 5.41) is 20.9. The molecule has 1 rings (SSSR count). The fourth-order valence-corrected chi connectivity index (χ4v) is 1.37. The van der Waals surface area contributed by atoms with E-state index in [9.17, 15) is 4.79 Å². The maximum absolute atomic E-state index is 9.60. The van der Waals surface area contributed by atoms with Crippen LogP contribution >= 0.6 is 11.3 Å². The van der Waals surface area contributed by atoms with Crippen molar-refractivity contribution < 1.29 is 19.7 Å². The highest BCUT2D eigenvalue weighted by Crippen LogP contribution is 2.26. The highest BCUT2D eigenvalue weighted by Gasteiger charge is 2.07. The Labute approximate surface area is 104 Å². The number of aromatic hydroxyl groups is 1. The summed E-state index contributed by atoms with van der Waals surface area (Å²) in [7, 11) is 1.71. The summed E-state index contributed by atoms with van der Waals surface area (Å²) in [5.74, 6) is -0.0862. The molecule has 3 N–H and O–H groups in total. The first-order chi connectivity index (χ1) is 7.84. The van der Waals surface area contributed by atoms with E-state index < -0.39 is 0 Å². The molecule has 7 heteroatoms. The van der Waals surface area contributed by atoms with Crippen molar-refractivity contribution in [1.82, 2.24) is 4.98 Å². The molecule has 0 radical (unpaired) electrons. The standard InChI is InChI=1S/C5H8N2O2S.C5H10O2/c1-6-5-7-4(9)3(2-8)10-5;1-5(2,3)7-4-6/h8-9H,2H2,1H3,(H,6,7);4H,1-3H3. The second kappa shape index (κ2) is 7.08. The average Bonchev–Trinajstić information content (AvgIpc) is 2.58. The number of aliphatic hydroxyl groups is 1. The Hall–Kier alpha value is -1.34. The van der Waals surface area contributed by atoms with Crippen LogP contribution in [-0.4, -0.2) is 34.3 Å². The van der Waals surface area contributed by atoms with Gasteiger partial charge in [0.1, 0.15) is 5.60 Å². The van der Waals surface area contributed by atoms with Gasteiger partial charge in [-0.2, -0.15) is 4.98 Å². The fourth-order valence-electron chi connectivity index (χ4n) is 0.698. The predicted molar refractivity (Wildman–Crippen MR) is 66.2 cm³/mol. The molecule has 0 aliphatic carbocycles. The molecular weight excluding hydrogens is 244 g/mol. The molecule has 0 saturated heterocycles. The molecule has 0 atom stereocenters. The fraction of sp³-hybridized carbons (Fsp3) is 0.600. The van der Waals surface area contributed by atoms with Gasteiger partial charge in [-0.15, -0.1) is 0 Å². The van der Waals surface area contributed by atoms with Crippen LogP contribution in [0.25, 0.3) is 0 Å².